The molecule has 0 radical (unpaired) electrons. The van der Waals surface area contributed by atoms with Gasteiger partial charge in [0.15, 0.2) is 0 Å². The molecule has 0 amide bonds. The van der Waals surface area contributed by atoms with Gasteiger partial charge in [-0.15, -0.1) is 0 Å². The van der Waals surface area contributed by atoms with Crippen LogP contribution >= 0.6 is 0 Å². The summed E-state index contributed by atoms with van der Waals surface area (Å²) in [5.74, 6) is 0. The third-order valence-electron chi connectivity index (χ3n) is 3.52. The molecule has 1 saturated carbocycles. The molecule has 2 atom stereocenters. The van der Waals surface area contributed by atoms with Gasteiger partial charge in [-0.2, -0.15) is 0 Å². The summed E-state index contributed by atoms with van der Waals surface area (Å²) in [7, 11) is 3.45. The van der Waals surface area contributed by atoms with Gasteiger partial charge in [-0.25, -0.2) is 0 Å². The highest BCUT2D eigenvalue weighted by atomic mass is 16.6. The van der Waals surface area contributed by atoms with Crippen LogP contribution in [0.1, 0.15) is 19.3 Å². The van der Waals surface area contributed by atoms with Gasteiger partial charge in [0.25, 0.3) is 5.69 Å². The largest absolute Gasteiger partial charge is 0.388 e. The van der Waals surface area contributed by atoms with Crippen LogP contribution in [0.4, 0.5) is 17.1 Å². The van der Waals surface area contributed by atoms with Gasteiger partial charge in [-0.3, -0.25) is 10.1 Å². The number of nitro groups is 1. The molecule has 1 aliphatic rings. The van der Waals surface area contributed by atoms with Crippen LogP contribution in [0.3, 0.4) is 0 Å². The Kier molecular flexibility index (Phi) is 4.21. The first kappa shape index (κ1) is 13.6. The zero-order valence-corrected chi connectivity index (χ0v) is 11.2. The molecule has 1 aliphatic carbocycles. The number of nitro benzene ring substituents is 1. The van der Waals surface area contributed by atoms with Gasteiger partial charge in [0.1, 0.15) is 0 Å². The molecular formula is C13H19N3O3. The zero-order chi connectivity index (χ0) is 13.8. The molecule has 2 rings (SSSR count). The maximum absolute atomic E-state index is 10.9. The van der Waals surface area contributed by atoms with E-state index in [1.165, 1.54) is 6.07 Å². The molecule has 2 N–H and O–H groups in total. The Labute approximate surface area is 112 Å². The summed E-state index contributed by atoms with van der Waals surface area (Å²) in [6, 6.07) is 5.18. The average molecular weight is 265 g/mol. The SMILES string of the molecule is CNc1cc(NC2CCCC2OC)cc([N+](=O)[O-])c1. The first-order valence-corrected chi connectivity index (χ1v) is 6.40. The first-order chi connectivity index (χ1) is 9.13. The van der Waals surface area contributed by atoms with Crippen LogP contribution in [-0.4, -0.2) is 31.2 Å². The minimum atomic E-state index is -0.380. The van der Waals surface area contributed by atoms with E-state index in [0.29, 0.717) is 0 Å². The van der Waals surface area contributed by atoms with Gasteiger partial charge in [0, 0.05) is 37.7 Å². The van der Waals surface area contributed by atoms with Gasteiger partial charge < -0.3 is 15.4 Å². The maximum atomic E-state index is 10.9. The number of nitrogens with zero attached hydrogens (tertiary/aromatic N) is 1. The topological polar surface area (TPSA) is 76.4 Å². The summed E-state index contributed by atoms with van der Waals surface area (Å²) in [6.45, 7) is 0. The highest BCUT2D eigenvalue weighted by molar-refractivity contribution is 5.63. The molecule has 1 aromatic carbocycles. The molecule has 0 saturated heterocycles. The second-order valence-electron chi connectivity index (χ2n) is 4.73. The molecule has 2 unspecified atom stereocenters. The van der Waals surface area contributed by atoms with E-state index in [0.717, 1.165) is 30.6 Å². The Bertz CT molecular complexity index is 464. The molecule has 1 aromatic rings. The van der Waals surface area contributed by atoms with Gasteiger partial charge in [-0.05, 0) is 25.3 Å². The number of hydrogen-bond acceptors (Lipinski definition) is 5. The van der Waals surface area contributed by atoms with Crippen LogP contribution in [0.5, 0.6) is 0 Å². The van der Waals surface area contributed by atoms with Crippen molar-refractivity contribution in [3.63, 3.8) is 0 Å². The number of benzene rings is 1. The summed E-state index contributed by atoms with van der Waals surface area (Å²) in [5, 5.41) is 17.2. The van der Waals surface area contributed by atoms with Crippen LogP contribution in [0.15, 0.2) is 18.2 Å². The minimum absolute atomic E-state index is 0.0845. The molecule has 6 heteroatoms. The number of ether oxygens (including phenoxy) is 1. The summed E-state index contributed by atoms with van der Waals surface area (Å²) in [6.07, 6.45) is 3.35. The maximum Gasteiger partial charge on any atom is 0.273 e. The van der Waals surface area contributed by atoms with E-state index >= 15 is 0 Å². The van der Waals surface area contributed by atoms with Gasteiger partial charge >= 0.3 is 0 Å². The molecule has 104 valence electrons. The van der Waals surface area contributed by atoms with Gasteiger partial charge in [-0.1, -0.05) is 0 Å². The fourth-order valence-electron chi connectivity index (χ4n) is 2.53. The Hall–Kier alpha value is -1.82. The standard InChI is InChI=1S/C13H19N3O3/c1-14-9-6-10(8-11(7-9)16(17)18)15-12-4-3-5-13(12)19-2/h6-8,12-15H,3-5H2,1-2H3. The Balaban J connectivity index is 2.19. The van der Waals surface area contributed by atoms with E-state index in [1.807, 2.05) is 6.07 Å². The van der Waals surface area contributed by atoms with Crippen molar-refractivity contribution < 1.29 is 9.66 Å². The molecule has 0 heterocycles. The lowest BCUT2D eigenvalue weighted by Gasteiger charge is -2.21. The lowest BCUT2D eigenvalue weighted by Crippen LogP contribution is -2.29. The Morgan fingerprint density at radius 3 is 2.68 bits per heavy atom. The molecule has 0 aliphatic heterocycles. The first-order valence-electron chi connectivity index (χ1n) is 6.40. The lowest BCUT2D eigenvalue weighted by atomic mass is 10.1. The Morgan fingerprint density at radius 1 is 1.32 bits per heavy atom. The fourth-order valence-corrected chi connectivity index (χ4v) is 2.53. The predicted molar refractivity (Wildman–Crippen MR) is 74.7 cm³/mol. The van der Waals surface area contributed by atoms with E-state index in [-0.39, 0.29) is 22.8 Å². The zero-order valence-electron chi connectivity index (χ0n) is 11.2. The second kappa shape index (κ2) is 5.88. The van der Waals surface area contributed by atoms with Crippen LogP contribution in [0.25, 0.3) is 0 Å². The lowest BCUT2D eigenvalue weighted by molar-refractivity contribution is -0.384. The van der Waals surface area contributed by atoms with E-state index in [1.54, 1.807) is 20.2 Å². The van der Waals surface area contributed by atoms with Crippen molar-refractivity contribution in [2.45, 2.75) is 31.4 Å². The van der Waals surface area contributed by atoms with Crippen molar-refractivity contribution in [3.8, 4) is 0 Å². The number of rotatable bonds is 5. The highest BCUT2D eigenvalue weighted by Crippen LogP contribution is 2.29. The van der Waals surface area contributed by atoms with Crippen molar-refractivity contribution in [1.29, 1.82) is 0 Å². The molecule has 0 bridgehead atoms. The van der Waals surface area contributed by atoms with E-state index < -0.39 is 0 Å². The summed E-state index contributed by atoms with van der Waals surface area (Å²) in [5.41, 5.74) is 1.57. The third-order valence-corrected chi connectivity index (χ3v) is 3.52. The molecule has 0 aromatic heterocycles. The molecule has 6 nitrogen and oxygen atoms in total. The number of hydrogen-bond donors (Lipinski definition) is 2. The monoisotopic (exact) mass is 265 g/mol. The van der Waals surface area contributed by atoms with Crippen LogP contribution < -0.4 is 10.6 Å². The normalized spacial score (nSPS) is 22.2. The van der Waals surface area contributed by atoms with Gasteiger partial charge in [0.05, 0.1) is 17.1 Å². The van der Waals surface area contributed by atoms with Crippen molar-refractivity contribution in [1.82, 2.24) is 0 Å². The predicted octanol–water partition coefficient (Wildman–Crippen LogP) is 2.62. The van der Waals surface area contributed by atoms with E-state index in [9.17, 15) is 10.1 Å². The summed E-state index contributed by atoms with van der Waals surface area (Å²) in [4.78, 5) is 10.5. The van der Waals surface area contributed by atoms with E-state index in [2.05, 4.69) is 10.6 Å². The third kappa shape index (κ3) is 3.14. The quantitative estimate of drug-likeness (QED) is 0.632. The molecule has 0 spiro atoms. The second-order valence-corrected chi connectivity index (χ2v) is 4.73. The average Bonchev–Trinajstić information content (AvgIpc) is 2.85. The summed E-state index contributed by atoms with van der Waals surface area (Å²) < 4.78 is 5.42. The van der Waals surface area contributed by atoms with Crippen molar-refractivity contribution in [2.75, 3.05) is 24.8 Å². The Morgan fingerprint density at radius 2 is 2.05 bits per heavy atom. The van der Waals surface area contributed by atoms with Crippen molar-refractivity contribution in [3.05, 3.63) is 28.3 Å². The minimum Gasteiger partial charge on any atom is -0.388 e. The molecule has 1 fully saturated rings. The van der Waals surface area contributed by atoms with Crippen molar-refractivity contribution in [2.24, 2.45) is 0 Å². The van der Waals surface area contributed by atoms with Gasteiger partial charge in [0.2, 0.25) is 0 Å². The van der Waals surface area contributed by atoms with Crippen LogP contribution in [0.2, 0.25) is 0 Å². The number of non-ortho nitro benzene ring substituents is 1. The van der Waals surface area contributed by atoms with Crippen molar-refractivity contribution >= 4 is 17.1 Å². The number of nitrogens with one attached hydrogen (secondary N) is 2. The van der Waals surface area contributed by atoms with E-state index in [4.69, 9.17) is 4.74 Å². The van der Waals surface area contributed by atoms with Crippen LogP contribution in [0, 0.1) is 10.1 Å². The molecular weight excluding hydrogens is 246 g/mol. The smallest absolute Gasteiger partial charge is 0.273 e. The highest BCUT2D eigenvalue weighted by Gasteiger charge is 2.27. The van der Waals surface area contributed by atoms with Crippen LogP contribution in [-0.2, 0) is 4.74 Å². The number of methoxy groups -OCH3 is 1. The fraction of sp³-hybridized carbons (Fsp3) is 0.538. The number of anilines is 2. The summed E-state index contributed by atoms with van der Waals surface area (Å²) >= 11 is 0. The molecule has 19 heavy (non-hydrogen) atoms.